The van der Waals surface area contributed by atoms with Crippen LogP contribution in [0, 0.1) is 6.92 Å². The molecule has 0 radical (unpaired) electrons. The lowest BCUT2D eigenvalue weighted by molar-refractivity contribution is 0.0962. The third kappa shape index (κ3) is 3.79. The van der Waals surface area contributed by atoms with Crippen LogP contribution >= 0.6 is 15.9 Å². The molecule has 1 aromatic heterocycles. The van der Waals surface area contributed by atoms with Gasteiger partial charge in [-0.3, -0.25) is 4.79 Å². The van der Waals surface area contributed by atoms with Crippen molar-refractivity contribution in [2.75, 3.05) is 12.8 Å². The van der Waals surface area contributed by atoms with E-state index in [4.69, 9.17) is 10.5 Å². The van der Waals surface area contributed by atoms with E-state index < -0.39 is 0 Å². The molecule has 23 heavy (non-hydrogen) atoms. The third-order valence-corrected chi connectivity index (χ3v) is 3.75. The summed E-state index contributed by atoms with van der Waals surface area (Å²) in [6, 6.07) is 5.53. The van der Waals surface area contributed by atoms with Gasteiger partial charge in [-0.05, 0) is 54.9 Å². The third-order valence-electron chi connectivity index (χ3n) is 3.13. The van der Waals surface area contributed by atoms with Gasteiger partial charge in [0.05, 0.1) is 27.5 Å². The average molecular weight is 379 g/mol. The number of hydrogen-bond donors (Lipinski definition) is 2. The maximum atomic E-state index is 12.2. The molecule has 0 aliphatic heterocycles. The molecule has 0 aliphatic carbocycles. The fourth-order valence-electron chi connectivity index (χ4n) is 2.20. The number of nitrogens with two attached hydrogens (primary N) is 1. The number of nitrogen functional groups attached to an aromatic ring is 1. The lowest BCUT2D eigenvalue weighted by Gasteiger charge is -2.14. The standard InChI is InChI=1S/C16H19BrN4O2/c1-8(2)23-12-6-5-10(7-11(12)17)14-13(15(22)19-4)9(3)20-16(18)21-14/h5-8H,1-4H3,(H,19,22)(H2,18,20,21). The minimum absolute atomic E-state index is 0.0653. The molecule has 0 saturated carbocycles. The first-order valence-electron chi connectivity index (χ1n) is 7.16. The van der Waals surface area contributed by atoms with Crippen LogP contribution in [0.4, 0.5) is 5.95 Å². The van der Waals surface area contributed by atoms with Crippen LogP contribution in [0.3, 0.4) is 0 Å². The molecule has 122 valence electrons. The molecule has 0 fully saturated rings. The lowest BCUT2D eigenvalue weighted by Crippen LogP contribution is -2.21. The Morgan fingerprint density at radius 1 is 1.35 bits per heavy atom. The smallest absolute Gasteiger partial charge is 0.255 e. The average Bonchev–Trinajstić information content (AvgIpc) is 2.47. The van der Waals surface area contributed by atoms with E-state index in [9.17, 15) is 4.79 Å². The number of ether oxygens (including phenoxy) is 1. The molecule has 0 aliphatic rings. The number of benzene rings is 1. The fraction of sp³-hybridized carbons (Fsp3) is 0.312. The van der Waals surface area contributed by atoms with Crippen molar-refractivity contribution in [2.24, 2.45) is 0 Å². The summed E-state index contributed by atoms with van der Waals surface area (Å²) < 4.78 is 6.48. The second kappa shape index (κ2) is 6.95. The summed E-state index contributed by atoms with van der Waals surface area (Å²) in [5, 5.41) is 2.61. The monoisotopic (exact) mass is 378 g/mol. The van der Waals surface area contributed by atoms with Crippen LogP contribution in [0.2, 0.25) is 0 Å². The van der Waals surface area contributed by atoms with Crippen molar-refractivity contribution in [2.45, 2.75) is 26.9 Å². The zero-order chi connectivity index (χ0) is 17.1. The van der Waals surface area contributed by atoms with Crippen molar-refractivity contribution < 1.29 is 9.53 Å². The molecule has 3 N–H and O–H groups in total. The highest BCUT2D eigenvalue weighted by Crippen LogP contribution is 2.32. The lowest BCUT2D eigenvalue weighted by atomic mass is 10.0. The Morgan fingerprint density at radius 2 is 2.04 bits per heavy atom. The number of nitrogens with one attached hydrogen (secondary N) is 1. The summed E-state index contributed by atoms with van der Waals surface area (Å²) in [4.78, 5) is 20.5. The fourth-order valence-corrected chi connectivity index (χ4v) is 2.67. The van der Waals surface area contributed by atoms with Gasteiger partial charge in [0.15, 0.2) is 0 Å². The van der Waals surface area contributed by atoms with Crippen molar-refractivity contribution >= 4 is 27.8 Å². The molecule has 2 aromatic rings. The Labute approximate surface area is 143 Å². The predicted octanol–water partition coefficient (Wildman–Crippen LogP) is 2.94. The normalized spacial score (nSPS) is 10.7. The molecule has 2 rings (SSSR count). The number of halogens is 1. The van der Waals surface area contributed by atoms with Gasteiger partial charge in [0, 0.05) is 12.6 Å². The van der Waals surface area contributed by atoms with Crippen molar-refractivity contribution in [1.29, 1.82) is 0 Å². The summed E-state index contributed by atoms with van der Waals surface area (Å²) >= 11 is 3.49. The number of aromatic nitrogens is 2. The zero-order valence-electron chi connectivity index (χ0n) is 13.5. The SMILES string of the molecule is CNC(=O)c1c(C)nc(N)nc1-c1ccc(OC(C)C)c(Br)c1. The maximum absolute atomic E-state index is 12.2. The highest BCUT2D eigenvalue weighted by atomic mass is 79.9. The topological polar surface area (TPSA) is 90.1 Å². The Kier molecular flexibility index (Phi) is 5.20. The number of hydrogen-bond acceptors (Lipinski definition) is 5. The molecule has 7 heteroatoms. The van der Waals surface area contributed by atoms with E-state index in [1.807, 2.05) is 32.0 Å². The predicted molar refractivity (Wildman–Crippen MR) is 93.5 cm³/mol. The van der Waals surface area contributed by atoms with Crippen LogP contribution in [0.5, 0.6) is 5.75 Å². The molecule has 0 saturated heterocycles. The first-order chi connectivity index (χ1) is 10.8. The van der Waals surface area contributed by atoms with E-state index in [-0.39, 0.29) is 18.0 Å². The highest BCUT2D eigenvalue weighted by Gasteiger charge is 2.19. The molecule has 1 aromatic carbocycles. The minimum atomic E-state index is -0.254. The van der Waals surface area contributed by atoms with Gasteiger partial charge in [-0.2, -0.15) is 0 Å². The second-order valence-electron chi connectivity index (χ2n) is 5.28. The second-order valence-corrected chi connectivity index (χ2v) is 6.14. The van der Waals surface area contributed by atoms with E-state index in [2.05, 4.69) is 31.2 Å². The number of anilines is 1. The number of carbonyl (C=O) groups excluding carboxylic acids is 1. The molecule has 0 bridgehead atoms. The highest BCUT2D eigenvalue weighted by molar-refractivity contribution is 9.10. The van der Waals surface area contributed by atoms with Crippen LogP contribution in [0.15, 0.2) is 22.7 Å². The van der Waals surface area contributed by atoms with E-state index in [1.54, 1.807) is 14.0 Å². The van der Waals surface area contributed by atoms with Gasteiger partial charge < -0.3 is 15.8 Å². The number of nitrogens with zero attached hydrogens (tertiary/aromatic N) is 2. The number of carbonyl (C=O) groups is 1. The Hall–Kier alpha value is -2.15. The first kappa shape index (κ1) is 17.2. The number of amides is 1. The molecule has 0 spiro atoms. The summed E-state index contributed by atoms with van der Waals surface area (Å²) in [6.07, 6.45) is 0.0653. The Morgan fingerprint density at radius 3 is 2.61 bits per heavy atom. The van der Waals surface area contributed by atoms with Crippen molar-refractivity contribution in [3.63, 3.8) is 0 Å². The van der Waals surface area contributed by atoms with E-state index >= 15 is 0 Å². The summed E-state index contributed by atoms with van der Waals surface area (Å²) in [5.74, 6) is 0.601. The largest absolute Gasteiger partial charge is 0.490 e. The molecule has 1 amide bonds. The molecule has 0 atom stereocenters. The van der Waals surface area contributed by atoms with Gasteiger partial charge in [-0.25, -0.2) is 9.97 Å². The first-order valence-corrected chi connectivity index (χ1v) is 7.95. The number of rotatable bonds is 4. The van der Waals surface area contributed by atoms with Crippen LogP contribution < -0.4 is 15.8 Å². The molecule has 0 unspecified atom stereocenters. The van der Waals surface area contributed by atoms with Gasteiger partial charge in [-0.15, -0.1) is 0 Å². The quantitative estimate of drug-likeness (QED) is 0.853. The Balaban J connectivity index is 2.58. The molecule has 1 heterocycles. The van der Waals surface area contributed by atoms with E-state index in [1.165, 1.54) is 0 Å². The van der Waals surface area contributed by atoms with Gasteiger partial charge in [0.1, 0.15) is 5.75 Å². The van der Waals surface area contributed by atoms with Crippen molar-refractivity contribution in [3.05, 3.63) is 33.9 Å². The van der Waals surface area contributed by atoms with Gasteiger partial charge in [-0.1, -0.05) is 0 Å². The summed E-state index contributed by atoms with van der Waals surface area (Å²) in [6.45, 7) is 5.65. The maximum Gasteiger partial charge on any atom is 0.255 e. The van der Waals surface area contributed by atoms with Crippen molar-refractivity contribution in [1.82, 2.24) is 15.3 Å². The summed E-state index contributed by atoms with van der Waals surface area (Å²) in [7, 11) is 1.57. The van der Waals surface area contributed by atoms with Gasteiger partial charge in [0.25, 0.3) is 5.91 Å². The molecular formula is C16H19BrN4O2. The minimum Gasteiger partial charge on any atom is -0.490 e. The Bertz CT molecular complexity index is 747. The van der Waals surface area contributed by atoms with Crippen LogP contribution in [0.25, 0.3) is 11.3 Å². The molecular weight excluding hydrogens is 360 g/mol. The van der Waals surface area contributed by atoms with Crippen LogP contribution in [-0.4, -0.2) is 29.0 Å². The number of aryl methyl sites for hydroxylation is 1. The summed E-state index contributed by atoms with van der Waals surface area (Å²) in [5.41, 5.74) is 7.94. The molecule has 6 nitrogen and oxygen atoms in total. The van der Waals surface area contributed by atoms with Crippen LogP contribution in [-0.2, 0) is 0 Å². The van der Waals surface area contributed by atoms with Crippen LogP contribution in [0.1, 0.15) is 29.9 Å². The van der Waals surface area contributed by atoms with E-state index in [0.717, 1.165) is 15.8 Å². The van der Waals surface area contributed by atoms with Crippen molar-refractivity contribution in [3.8, 4) is 17.0 Å². The van der Waals surface area contributed by atoms with E-state index in [0.29, 0.717) is 17.0 Å². The van der Waals surface area contributed by atoms with Gasteiger partial charge >= 0.3 is 0 Å². The zero-order valence-corrected chi connectivity index (χ0v) is 15.1. The van der Waals surface area contributed by atoms with Gasteiger partial charge in [0.2, 0.25) is 5.95 Å².